The number of carbonyl (C=O) groups excluding carboxylic acids is 3. The van der Waals surface area contributed by atoms with E-state index in [0.717, 1.165) is 20.8 Å². The van der Waals surface area contributed by atoms with Crippen molar-refractivity contribution in [2.75, 3.05) is 39.6 Å². The first-order valence-electron chi connectivity index (χ1n) is 23.4. The van der Waals surface area contributed by atoms with E-state index in [4.69, 9.17) is 42.4 Å². The van der Waals surface area contributed by atoms with E-state index in [1.807, 2.05) is 0 Å². The maximum atomic E-state index is 12.8. The molecule has 0 aromatic rings. The lowest BCUT2D eigenvalue weighted by Crippen LogP contribution is -2.70. The number of hydrogen-bond acceptors (Lipinski definition) is 32. The van der Waals surface area contributed by atoms with Crippen molar-refractivity contribution in [2.24, 2.45) is 0 Å². The third-order valence-corrected chi connectivity index (χ3v) is 13.4. The quantitative estimate of drug-likeness (QED) is 0.0340. The Morgan fingerprint density at radius 1 is 0.633 bits per heavy atom. The van der Waals surface area contributed by atoms with Crippen LogP contribution in [-0.4, -0.2) is 319 Å². The number of carboxylic acid groups (broad SMARTS) is 1. The van der Waals surface area contributed by atoms with Crippen LogP contribution in [0.2, 0.25) is 0 Å². The van der Waals surface area contributed by atoms with Crippen LogP contribution < -0.4 is 16.0 Å². The molecule has 0 radical (unpaired) electrons. The van der Waals surface area contributed by atoms with Crippen LogP contribution in [0.5, 0.6) is 0 Å². The molecule has 3 amide bonds. The Bertz CT molecular complexity index is 2240. The van der Waals surface area contributed by atoms with Crippen molar-refractivity contribution >= 4 is 44.5 Å². The van der Waals surface area contributed by atoms with E-state index in [1.165, 1.54) is 0 Å². The SMILES string of the molecule is CC(=O)N[C@H]1[C@H](O[C@H]2[C@@H](O)[C@@H](CO)O[C@@H](O[C@@H]([C@H](O)[C@H](CO)NC(C)=O)[C@H](O)COS(=O)(=O)O)[C@@H]2O)O[C@H](COS(=O)(=O)O)[C@@H](O[C@@H]2O[C@H](CO[C@]3(C(=O)O)C[C@H](O)[C@@H](NC(C)=O)[C@H]([C@H](O)[C@H](O)CO)O3)[C@H](O)[C@H](O)[C@H]2O)[C@@H]1O. The molecule has 0 bridgehead atoms. The molecule has 460 valence electrons. The van der Waals surface area contributed by atoms with E-state index < -0.39 is 243 Å². The molecule has 4 aliphatic heterocycles. The van der Waals surface area contributed by atoms with Gasteiger partial charge in [0.15, 0.2) is 18.9 Å². The number of hydrogen-bond donors (Lipinski definition) is 20. The molecule has 20 N–H and O–H groups in total. The number of rotatable bonds is 27. The van der Waals surface area contributed by atoms with Gasteiger partial charge in [-0.2, -0.15) is 16.8 Å². The van der Waals surface area contributed by atoms with Gasteiger partial charge in [-0.1, -0.05) is 0 Å². The van der Waals surface area contributed by atoms with E-state index >= 15 is 0 Å². The number of ether oxygens (including phenoxy) is 8. The number of nitrogens with one attached hydrogen (secondary N) is 3. The first-order valence-corrected chi connectivity index (χ1v) is 26.2. The zero-order chi connectivity index (χ0) is 59.8. The van der Waals surface area contributed by atoms with Crippen LogP contribution in [0.25, 0.3) is 0 Å². The van der Waals surface area contributed by atoms with Gasteiger partial charge < -0.3 is 130 Å². The summed E-state index contributed by atoms with van der Waals surface area (Å²) < 4.78 is 119. The predicted molar refractivity (Wildman–Crippen MR) is 242 cm³/mol. The van der Waals surface area contributed by atoms with Crippen molar-refractivity contribution in [1.82, 2.24) is 16.0 Å². The molecule has 4 fully saturated rings. The monoisotopic (exact) mass is 1200 g/mol. The molecule has 38 nitrogen and oxygen atoms in total. The molecule has 0 saturated carbocycles. The van der Waals surface area contributed by atoms with E-state index in [0.29, 0.717) is 0 Å². The summed E-state index contributed by atoms with van der Waals surface area (Å²) in [6.07, 6.45) is -48.3. The zero-order valence-corrected chi connectivity index (χ0v) is 43.2. The molecule has 0 aliphatic carbocycles. The van der Waals surface area contributed by atoms with Gasteiger partial charge in [-0.25, -0.2) is 13.2 Å². The average molecular weight is 1200 g/mol. The highest BCUT2D eigenvalue weighted by molar-refractivity contribution is 7.81. The van der Waals surface area contributed by atoms with Crippen LogP contribution >= 0.6 is 0 Å². The molecule has 25 atom stereocenters. The molecule has 4 heterocycles. The Hall–Kier alpha value is -3.26. The third kappa shape index (κ3) is 17.9. The summed E-state index contributed by atoms with van der Waals surface area (Å²) in [5.41, 5.74) is 0. The summed E-state index contributed by atoms with van der Waals surface area (Å²) >= 11 is 0. The summed E-state index contributed by atoms with van der Waals surface area (Å²) in [5.74, 6) is -7.86. The first kappa shape index (κ1) is 68.2. The van der Waals surface area contributed by atoms with Crippen molar-refractivity contribution in [2.45, 2.75) is 180 Å². The summed E-state index contributed by atoms with van der Waals surface area (Å²) in [6.45, 7) is -4.75. The third-order valence-electron chi connectivity index (χ3n) is 12.6. The van der Waals surface area contributed by atoms with E-state index in [2.05, 4.69) is 24.3 Å². The maximum absolute atomic E-state index is 12.8. The minimum absolute atomic E-state index is 0.832. The second-order valence-electron chi connectivity index (χ2n) is 18.4. The van der Waals surface area contributed by atoms with Crippen LogP contribution in [0.1, 0.15) is 27.2 Å². The van der Waals surface area contributed by atoms with Crippen molar-refractivity contribution in [3.63, 3.8) is 0 Å². The van der Waals surface area contributed by atoms with Crippen LogP contribution in [-0.2, 0) is 86.2 Å². The minimum Gasteiger partial charge on any atom is -0.477 e. The van der Waals surface area contributed by atoms with E-state index in [1.54, 1.807) is 0 Å². The van der Waals surface area contributed by atoms with E-state index in [-0.39, 0.29) is 0 Å². The lowest BCUT2D eigenvalue weighted by Gasteiger charge is -2.50. The van der Waals surface area contributed by atoms with Gasteiger partial charge in [-0.3, -0.25) is 23.5 Å². The minimum atomic E-state index is -5.47. The molecule has 4 saturated heterocycles. The number of carboxylic acids is 1. The summed E-state index contributed by atoms with van der Waals surface area (Å²) in [4.78, 5) is 49.2. The number of aliphatic carboxylic acids is 1. The number of amides is 3. The van der Waals surface area contributed by atoms with Crippen LogP contribution in [0.15, 0.2) is 0 Å². The molecule has 0 aromatic heterocycles. The van der Waals surface area contributed by atoms with Crippen LogP contribution in [0, 0.1) is 0 Å². The molecular weight excluding hydrogens is 1130 g/mol. The molecule has 4 rings (SSSR count). The van der Waals surface area contributed by atoms with Gasteiger partial charge in [0.1, 0.15) is 110 Å². The van der Waals surface area contributed by atoms with Gasteiger partial charge in [0.25, 0.3) is 5.79 Å². The fraction of sp³-hybridized carbons (Fsp3) is 0.897. The Balaban J connectivity index is 1.68. The van der Waals surface area contributed by atoms with E-state index in [9.17, 15) is 117 Å². The fourth-order valence-corrected chi connectivity index (χ4v) is 9.33. The standard InChI is InChI=1S/C39H67N3O35S2/c1-11(46)40-14(5-43)23(52)31(17(51)8-69-78(62,63)64)74-37-30(59)34(26(55)18(7-45)71-37)76-35-22(42-13(3)48)27(56)32(20(73-35)10-70-79(65,66)67)75-36-29(58)28(57)25(54)19(72-36)9-68-39(38(60)61)4-15(49)21(41-12(2)47)33(77-39)24(53)16(50)6-44/h14-37,43-45,49-59H,4-10H2,1-3H3,(H,40,46)(H,41,47)(H,42,48)(H,60,61)(H,62,63,64)(H,65,66,67)/t14-,15-,16+,17+,18+,19+,20+,21+,22+,23+,24+,25-,26-,27+,28-,29+,30+,31+,32+,33+,34-,35-,36-,37-,39+/m0/s1. The van der Waals surface area contributed by atoms with Crippen LogP contribution in [0.3, 0.4) is 0 Å². The topological polar surface area (TPSA) is 609 Å². The second kappa shape index (κ2) is 28.8. The number of carbonyl (C=O) groups is 4. The molecule has 0 spiro atoms. The van der Waals surface area contributed by atoms with Gasteiger partial charge in [0.2, 0.25) is 17.7 Å². The Labute approximate surface area is 447 Å². The molecule has 0 unspecified atom stereocenters. The zero-order valence-electron chi connectivity index (χ0n) is 41.6. The molecule has 79 heavy (non-hydrogen) atoms. The van der Waals surface area contributed by atoms with Crippen LogP contribution in [0.4, 0.5) is 0 Å². The predicted octanol–water partition coefficient (Wildman–Crippen LogP) is -13.0. The smallest absolute Gasteiger partial charge is 0.397 e. The Morgan fingerprint density at radius 2 is 1.20 bits per heavy atom. The van der Waals surface area contributed by atoms with Gasteiger partial charge in [-0.05, 0) is 0 Å². The largest absolute Gasteiger partial charge is 0.477 e. The molecular formula is C39H67N3O35S2. The highest BCUT2D eigenvalue weighted by Crippen LogP contribution is 2.37. The van der Waals surface area contributed by atoms with Crippen molar-refractivity contribution < 1.29 is 168 Å². The highest BCUT2D eigenvalue weighted by atomic mass is 32.3. The van der Waals surface area contributed by atoms with Crippen molar-refractivity contribution in [3.05, 3.63) is 0 Å². The van der Waals surface area contributed by atoms with Gasteiger partial charge in [-0.15, -0.1) is 0 Å². The molecule has 4 aliphatic rings. The van der Waals surface area contributed by atoms with Gasteiger partial charge in [0, 0.05) is 27.2 Å². The summed E-state index contributed by atoms with van der Waals surface area (Å²) in [6, 6.07) is -5.47. The molecule has 0 aromatic carbocycles. The highest BCUT2D eigenvalue weighted by Gasteiger charge is 2.59. The van der Waals surface area contributed by atoms with Crippen molar-refractivity contribution in [1.29, 1.82) is 0 Å². The maximum Gasteiger partial charge on any atom is 0.397 e. The Morgan fingerprint density at radius 3 is 1.73 bits per heavy atom. The Kier molecular flexibility index (Phi) is 24.9. The molecule has 40 heteroatoms. The van der Waals surface area contributed by atoms with Gasteiger partial charge in [0.05, 0.1) is 57.8 Å². The lowest BCUT2D eigenvalue weighted by molar-refractivity contribution is -0.375. The number of aliphatic hydroxyl groups excluding tert-OH is 14. The summed E-state index contributed by atoms with van der Waals surface area (Å²) in [5, 5.41) is 168. The first-order chi connectivity index (χ1) is 36.6. The second-order valence-corrected chi connectivity index (χ2v) is 20.6. The summed E-state index contributed by atoms with van der Waals surface area (Å²) in [7, 11) is -10.8. The van der Waals surface area contributed by atoms with Crippen molar-refractivity contribution in [3.8, 4) is 0 Å². The number of aliphatic hydroxyl groups is 14. The average Bonchev–Trinajstić information content (AvgIpc) is 3.43. The van der Waals surface area contributed by atoms with Gasteiger partial charge >= 0.3 is 26.8 Å². The lowest BCUT2D eigenvalue weighted by atomic mass is 9.88. The fourth-order valence-electron chi connectivity index (χ4n) is 8.71. The normalized spacial score (nSPS) is 37.9.